The number of carbonyl (C=O) groups excluding carboxylic acids is 1. The van der Waals surface area contributed by atoms with Gasteiger partial charge in [-0.3, -0.25) is 5.41 Å². The Morgan fingerprint density at radius 3 is 2.81 bits per heavy atom. The second-order valence-corrected chi connectivity index (χ2v) is 4.24. The molecule has 1 aromatic rings. The van der Waals surface area contributed by atoms with E-state index in [0.717, 1.165) is 4.57 Å². The second-order valence-electron chi connectivity index (χ2n) is 4.24. The molecule has 8 nitrogen and oxygen atoms in total. The van der Waals surface area contributed by atoms with Crippen molar-refractivity contribution in [2.24, 2.45) is 0 Å². The SMILES string of the molecule is CCOC(=O)n1c(=O)nc(C)c(=C=N)c1=C1C=C(C)ON1. The van der Waals surface area contributed by atoms with E-state index in [-0.39, 0.29) is 22.9 Å². The number of hydrogen-bond donors (Lipinski definition) is 2. The zero-order valence-corrected chi connectivity index (χ0v) is 11.8. The minimum absolute atomic E-state index is 0.107. The first-order valence-corrected chi connectivity index (χ1v) is 6.21. The summed E-state index contributed by atoms with van der Waals surface area (Å²) in [5, 5.41) is 7.73. The van der Waals surface area contributed by atoms with Crippen molar-refractivity contribution in [2.75, 3.05) is 6.61 Å². The van der Waals surface area contributed by atoms with Crippen LogP contribution in [0.25, 0.3) is 5.70 Å². The largest absolute Gasteiger partial charge is 0.449 e. The number of aromatic nitrogens is 2. The first kappa shape index (κ1) is 14.5. The molecule has 0 atom stereocenters. The van der Waals surface area contributed by atoms with Crippen LogP contribution in [-0.4, -0.2) is 28.1 Å². The Balaban J connectivity index is 3.00. The van der Waals surface area contributed by atoms with E-state index in [1.54, 1.807) is 26.8 Å². The van der Waals surface area contributed by atoms with Crippen LogP contribution in [0.4, 0.5) is 4.79 Å². The summed E-state index contributed by atoms with van der Waals surface area (Å²) in [6.45, 7) is 5.00. The zero-order valence-electron chi connectivity index (χ0n) is 11.8. The van der Waals surface area contributed by atoms with Gasteiger partial charge in [-0.05, 0) is 26.6 Å². The fourth-order valence-electron chi connectivity index (χ4n) is 1.90. The lowest BCUT2D eigenvalue weighted by molar-refractivity contribution is 0.151. The highest BCUT2D eigenvalue weighted by atomic mass is 16.7. The molecule has 0 amide bonds. The van der Waals surface area contributed by atoms with Crippen LogP contribution in [0.15, 0.2) is 16.6 Å². The standard InChI is InChI=1S/C13H14N4O4/c1-4-20-13(19)17-11(10-5-7(2)21-16-10)9(6-14)8(3)15-12(17)18/h5,14,16H,4H2,1-3H3. The van der Waals surface area contributed by atoms with Gasteiger partial charge in [0.1, 0.15) is 16.8 Å². The highest BCUT2D eigenvalue weighted by Gasteiger charge is 2.18. The Morgan fingerprint density at radius 2 is 2.29 bits per heavy atom. The molecule has 110 valence electrons. The predicted molar refractivity (Wildman–Crippen MR) is 73.1 cm³/mol. The molecule has 1 aromatic heterocycles. The molecule has 0 bridgehead atoms. The molecule has 0 unspecified atom stereocenters. The molecule has 8 heteroatoms. The highest BCUT2D eigenvalue weighted by Crippen LogP contribution is 2.07. The molecule has 0 aromatic carbocycles. The molecule has 0 aliphatic carbocycles. The summed E-state index contributed by atoms with van der Waals surface area (Å²) in [6, 6.07) is 0. The lowest BCUT2D eigenvalue weighted by Gasteiger charge is -2.08. The number of ether oxygens (including phenoxy) is 1. The molecule has 0 saturated heterocycles. The summed E-state index contributed by atoms with van der Waals surface area (Å²) in [5.41, 5.74) is 2.46. The molecule has 2 N–H and O–H groups in total. The van der Waals surface area contributed by atoms with Crippen LogP contribution in [0.2, 0.25) is 0 Å². The number of allylic oxidation sites excluding steroid dienone is 1. The topological polar surface area (TPSA) is 106 Å². The molecular formula is C13H14N4O4. The Hall–Kier alpha value is -2.86. The van der Waals surface area contributed by atoms with E-state index >= 15 is 0 Å². The van der Waals surface area contributed by atoms with E-state index in [0.29, 0.717) is 11.5 Å². The van der Waals surface area contributed by atoms with Crippen molar-refractivity contribution >= 4 is 17.7 Å². The molecule has 1 aliphatic heterocycles. The molecule has 0 fully saturated rings. The summed E-state index contributed by atoms with van der Waals surface area (Å²) in [4.78, 5) is 32.9. The third kappa shape index (κ3) is 2.56. The van der Waals surface area contributed by atoms with Crippen molar-refractivity contribution in [1.82, 2.24) is 15.0 Å². The lowest BCUT2D eigenvalue weighted by atomic mass is 10.2. The van der Waals surface area contributed by atoms with Gasteiger partial charge in [-0.2, -0.15) is 9.55 Å². The van der Waals surface area contributed by atoms with Crippen LogP contribution < -0.4 is 21.7 Å². The van der Waals surface area contributed by atoms with E-state index in [4.69, 9.17) is 15.0 Å². The van der Waals surface area contributed by atoms with Gasteiger partial charge in [0.2, 0.25) is 0 Å². The number of aryl methyl sites for hydroxylation is 1. The molecule has 21 heavy (non-hydrogen) atoms. The predicted octanol–water partition coefficient (Wildman–Crippen LogP) is -0.977. The first-order chi connectivity index (χ1) is 9.99. The van der Waals surface area contributed by atoms with Gasteiger partial charge in [-0.15, -0.1) is 0 Å². The Bertz CT molecular complexity index is 831. The van der Waals surface area contributed by atoms with E-state index < -0.39 is 11.8 Å². The quantitative estimate of drug-likeness (QED) is 0.644. The molecule has 1 aliphatic rings. The van der Waals surface area contributed by atoms with Crippen molar-refractivity contribution in [1.29, 1.82) is 5.41 Å². The van der Waals surface area contributed by atoms with Crippen LogP contribution in [0, 0.1) is 12.3 Å². The Morgan fingerprint density at radius 1 is 1.57 bits per heavy atom. The van der Waals surface area contributed by atoms with E-state index in [9.17, 15) is 9.59 Å². The summed E-state index contributed by atoms with van der Waals surface area (Å²) in [5.74, 6) is 2.75. The van der Waals surface area contributed by atoms with Gasteiger partial charge in [-0.25, -0.2) is 15.1 Å². The fraction of sp³-hybridized carbons (Fsp3) is 0.308. The van der Waals surface area contributed by atoms with Crippen molar-refractivity contribution in [3.63, 3.8) is 0 Å². The third-order valence-electron chi connectivity index (χ3n) is 2.78. The maximum atomic E-state index is 12.0. The van der Waals surface area contributed by atoms with Gasteiger partial charge in [0.15, 0.2) is 0 Å². The molecule has 2 heterocycles. The van der Waals surface area contributed by atoms with E-state index in [2.05, 4.69) is 16.3 Å². The number of nitrogens with zero attached hydrogens (tertiary/aromatic N) is 2. The van der Waals surface area contributed by atoms with Crippen molar-refractivity contribution < 1.29 is 14.4 Å². The molecular weight excluding hydrogens is 276 g/mol. The number of nitrogens with one attached hydrogen (secondary N) is 2. The van der Waals surface area contributed by atoms with Gasteiger partial charge in [0, 0.05) is 6.08 Å². The summed E-state index contributed by atoms with van der Waals surface area (Å²) >= 11 is 0. The number of rotatable bonds is 1. The molecule has 0 radical (unpaired) electrons. The minimum Gasteiger partial charge on any atom is -0.449 e. The zero-order chi connectivity index (χ0) is 15.6. The van der Waals surface area contributed by atoms with Crippen LogP contribution in [0.1, 0.15) is 19.5 Å². The van der Waals surface area contributed by atoms with Crippen LogP contribution in [0.5, 0.6) is 0 Å². The summed E-state index contributed by atoms with van der Waals surface area (Å²) in [6.07, 6.45) is 0.735. The second kappa shape index (κ2) is 5.64. The van der Waals surface area contributed by atoms with Crippen molar-refractivity contribution in [3.8, 4) is 0 Å². The van der Waals surface area contributed by atoms with E-state index in [1.807, 2.05) is 0 Å². The van der Waals surface area contributed by atoms with Gasteiger partial charge in [0.05, 0.1) is 17.5 Å². The Kier molecular flexibility index (Phi) is 3.91. The van der Waals surface area contributed by atoms with Gasteiger partial charge >= 0.3 is 11.8 Å². The van der Waals surface area contributed by atoms with Gasteiger partial charge in [0.25, 0.3) is 0 Å². The average molecular weight is 290 g/mol. The van der Waals surface area contributed by atoms with Crippen molar-refractivity contribution in [3.05, 3.63) is 38.6 Å². The monoisotopic (exact) mass is 290 g/mol. The average Bonchev–Trinajstić information content (AvgIpc) is 2.84. The maximum absolute atomic E-state index is 12.0. The first-order valence-electron chi connectivity index (χ1n) is 6.21. The van der Waals surface area contributed by atoms with Gasteiger partial charge < -0.3 is 9.57 Å². The normalized spacial score (nSPS) is 15.7. The van der Waals surface area contributed by atoms with Crippen molar-refractivity contribution in [2.45, 2.75) is 20.8 Å². The van der Waals surface area contributed by atoms with Gasteiger partial charge in [-0.1, -0.05) is 0 Å². The molecule has 2 rings (SSSR count). The maximum Gasteiger partial charge on any atom is 0.422 e. The highest BCUT2D eigenvalue weighted by molar-refractivity contribution is 5.72. The summed E-state index contributed by atoms with van der Waals surface area (Å²) < 4.78 is 5.63. The van der Waals surface area contributed by atoms with Crippen LogP contribution in [0.3, 0.4) is 0 Å². The molecule has 0 spiro atoms. The summed E-state index contributed by atoms with van der Waals surface area (Å²) in [7, 11) is 0. The van der Waals surface area contributed by atoms with Crippen LogP contribution in [-0.2, 0) is 9.57 Å². The smallest absolute Gasteiger partial charge is 0.422 e. The van der Waals surface area contributed by atoms with Crippen LogP contribution >= 0.6 is 0 Å². The number of hydroxylamine groups is 1. The lowest BCUT2D eigenvalue weighted by Crippen LogP contribution is -2.52. The third-order valence-corrected chi connectivity index (χ3v) is 2.78. The van der Waals surface area contributed by atoms with E-state index in [1.165, 1.54) is 0 Å². The number of carbonyl (C=O) groups is 1. The Labute approximate surface area is 119 Å². The fourth-order valence-corrected chi connectivity index (χ4v) is 1.90. The minimum atomic E-state index is -0.867. The number of hydrogen-bond acceptors (Lipinski definition) is 7. The molecule has 0 saturated carbocycles.